The molecule has 1 N–H and O–H groups in total. The fraction of sp³-hybridized carbons (Fsp3) is 0.300. The highest BCUT2D eigenvalue weighted by Crippen LogP contribution is 2.22. The molecule has 0 aliphatic rings. The Morgan fingerprint density at radius 3 is 2.81 bits per heavy atom. The quantitative estimate of drug-likeness (QED) is 0.873. The summed E-state index contributed by atoms with van der Waals surface area (Å²) < 4.78 is 1.40. The van der Waals surface area contributed by atoms with Crippen molar-refractivity contribution in [3.8, 4) is 0 Å². The number of carboxylic acids is 1. The molecule has 0 fully saturated rings. The number of aromatic nitrogens is 3. The molecule has 6 heteroatoms. The first-order valence-corrected chi connectivity index (χ1v) is 5.16. The lowest BCUT2D eigenvalue weighted by molar-refractivity contribution is 0.0691. The van der Waals surface area contributed by atoms with Crippen molar-refractivity contribution in [2.45, 2.75) is 19.8 Å². The van der Waals surface area contributed by atoms with Crippen LogP contribution in [0.5, 0.6) is 0 Å². The lowest BCUT2D eigenvalue weighted by Crippen LogP contribution is -1.98. The Kier molecular flexibility index (Phi) is 2.55. The van der Waals surface area contributed by atoms with Crippen molar-refractivity contribution < 1.29 is 9.90 Å². The molecule has 16 heavy (non-hydrogen) atoms. The first-order valence-electron chi connectivity index (χ1n) is 4.78. The Hall–Kier alpha value is -1.62. The van der Waals surface area contributed by atoms with Gasteiger partial charge in [-0.2, -0.15) is 5.10 Å². The zero-order chi connectivity index (χ0) is 11.9. The van der Waals surface area contributed by atoms with Crippen molar-refractivity contribution in [1.29, 1.82) is 0 Å². The highest BCUT2D eigenvalue weighted by Gasteiger charge is 2.15. The molecule has 0 bridgehead atoms. The zero-order valence-corrected chi connectivity index (χ0v) is 9.56. The van der Waals surface area contributed by atoms with Crippen molar-refractivity contribution in [3.63, 3.8) is 0 Å². The molecule has 0 radical (unpaired) electrons. The van der Waals surface area contributed by atoms with Gasteiger partial charge in [0.15, 0.2) is 11.3 Å². The van der Waals surface area contributed by atoms with Crippen molar-refractivity contribution in [2.24, 2.45) is 0 Å². The molecule has 0 aliphatic heterocycles. The molecule has 0 saturated carbocycles. The number of fused-ring (bicyclic) bond motifs is 1. The van der Waals surface area contributed by atoms with Gasteiger partial charge in [0.05, 0.1) is 6.20 Å². The Labute approximate surface area is 96.7 Å². The van der Waals surface area contributed by atoms with Gasteiger partial charge >= 0.3 is 5.97 Å². The molecule has 0 aliphatic carbocycles. The number of rotatable bonds is 2. The van der Waals surface area contributed by atoms with Crippen LogP contribution in [0.15, 0.2) is 12.3 Å². The van der Waals surface area contributed by atoms with E-state index in [-0.39, 0.29) is 11.6 Å². The highest BCUT2D eigenvalue weighted by molar-refractivity contribution is 6.29. The second-order valence-electron chi connectivity index (χ2n) is 3.78. The van der Waals surface area contributed by atoms with Gasteiger partial charge in [-0.3, -0.25) is 0 Å². The lowest BCUT2D eigenvalue weighted by atomic mass is 10.1. The van der Waals surface area contributed by atoms with Gasteiger partial charge in [-0.25, -0.2) is 14.3 Å². The van der Waals surface area contributed by atoms with Gasteiger partial charge in [0.1, 0.15) is 5.15 Å². The summed E-state index contributed by atoms with van der Waals surface area (Å²) in [6.45, 7) is 3.97. The third-order valence-electron chi connectivity index (χ3n) is 2.27. The average Bonchev–Trinajstić information content (AvgIpc) is 2.59. The molecule has 2 rings (SSSR count). The smallest absolute Gasteiger partial charge is 0.356 e. The Balaban J connectivity index is 2.75. The number of hydrogen-bond donors (Lipinski definition) is 1. The summed E-state index contributed by atoms with van der Waals surface area (Å²) in [5.41, 5.74) is 1.39. The summed E-state index contributed by atoms with van der Waals surface area (Å²) >= 11 is 5.85. The zero-order valence-electron chi connectivity index (χ0n) is 8.81. The van der Waals surface area contributed by atoms with Crippen molar-refractivity contribution in [3.05, 3.63) is 28.7 Å². The summed E-state index contributed by atoms with van der Waals surface area (Å²) in [6, 6.07) is 1.71. The van der Waals surface area contributed by atoms with Crippen LogP contribution in [0.4, 0.5) is 0 Å². The predicted octanol–water partition coefficient (Wildman–Crippen LogP) is 2.20. The predicted molar refractivity (Wildman–Crippen MR) is 59.0 cm³/mol. The van der Waals surface area contributed by atoms with E-state index in [9.17, 15) is 4.79 Å². The summed E-state index contributed by atoms with van der Waals surface area (Å²) in [7, 11) is 0. The second-order valence-corrected chi connectivity index (χ2v) is 4.16. The average molecular weight is 240 g/mol. The number of nitrogens with zero attached hydrogens (tertiary/aromatic N) is 3. The topological polar surface area (TPSA) is 67.5 Å². The fourth-order valence-electron chi connectivity index (χ4n) is 1.50. The highest BCUT2D eigenvalue weighted by atomic mass is 35.5. The van der Waals surface area contributed by atoms with E-state index < -0.39 is 5.97 Å². The van der Waals surface area contributed by atoms with E-state index in [2.05, 4.69) is 10.1 Å². The van der Waals surface area contributed by atoms with Gasteiger partial charge in [0.25, 0.3) is 0 Å². The van der Waals surface area contributed by atoms with Crippen LogP contribution in [0.3, 0.4) is 0 Å². The number of carboxylic acid groups (broad SMARTS) is 1. The SMILES string of the molecule is CC(C)c1cc(Cl)nn2cc(C(=O)O)nc12. The van der Waals surface area contributed by atoms with Gasteiger partial charge < -0.3 is 5.11 Å². The normalized spacial score (nSPS) is 11.2. The minimum Gasteiger partial charge on any atom is -0.476 e. The van der Waals surface area contributed by atoms with Crippen LogP contribution in [0, 0.1) is 0 Å². The molecule has 0 atom stereocenters. The Bertz CT molecular complexity index is 562. The van der Waals surface area contributed by atoms with Crippen LogP contribution in [0.25, 0.3) is 5.65 Å². The number of halogens is 1. The van der Waals surface area contributed by atoms with Crippen LogP contribution in [0.2, 0.25) is 5.15 Å². The minimum absolute atomic E-state index is 0.0309. The monoisotopic (exact) mass is 239 g/mol. The van der Waals surface area contributed by atoms with Crippen LogP contribution in [-0.2, 0) is 0 Å². The van der Waals surface area contributed by atoms with Crippen LogP contribution in [0.1, 0.15) is 35.8 Å². The van der Waals surface area contributed by atoms with E-state index in [0.717, 1.165) is 5.56 Å². The number of hydrogen-bond acceptors (Lipinski definition) is 3. The summed E-state index contributed by atoms with van der Waals surface area (Å²) in [4.78, 5) is 14.8. The fourth-order valence-corrected chi connectivity index (χ4v) is 1.70. The summed E-state index contributed by atoms with van der Waals surface area (Å²) in [5, 5.41) is 13.2. The summed E-state index contributed by atoms with van der Waals surface area (Å²) in [5.74, 6) is -0.872. The van der Waals surface area contributed by atoms with Gasteiger partial charge in [0.2, 0.25) is 0 Å². The van der Waals surface area contributed by atoms with E-state index in [1.807, 2.05) is 13.8 Å². The maximum absolute atomic E-state index is 10.8. The molecule has 0 aromatic carbocycles. The van der Waals surface area contributed by atoms with Gasteiger partial charge in [-0.1, -0.05) is 25.4 Å². The first kappa shape index (κ1) is 10.9. The molecular weight excluding hydrogens is 230 g/mol. The van der Waals surface area contributed by atoms with E-state index >= 15 is 0 Å². The molecule has 84 valence electrons. The molecule has 0 saturated heterocycles. The van der Waals surface area contributed by atoms with Gasteiger partial charge in [0, 0.05) is 5.56 Å². The van der Waals surface area contributed by atoms with Crippen molar-refractivity contribution in [2.75, 3.05) is 0 Å². The maximum atomic E-state index is 10.8. The minimum atomic E-state index is -1.07. The Morgan fingerprint density at radius 1 is 1.56 bits per heavy atom. The largest absolute Gasteiger partial charge is 0.476 e. The van der Waals surface area contributed by atoms with Crippen molar-refractivity contribution >= 4 is 23.2 Å². The summed E-state index contributed by atoms with van der Waals surface area (Å²) in [6.07, 6.45) is 1.36. The molecule has 2 aromatic heterocycles. The molecule has 0 spiro atoms. The van der Waals surface area contributed by atoms with Gasteiger partial charge in [-0.05, 0) is 12.0 Å². The third kappa shape index (κ3) is 1.74. The Morgan fingerprint density at radius 2 is 2.25 bits per heavy atom. The molecule has 2 aromatic rings. The number of carbonyl (C=O) groups is 1. The van der Waals surface area contributed by atoms with Crippen LogP contribution < -0.4 is 0 Å². The van der Waals surface area contributed by atoms with Crippen LogP contribution in [-0.4, -0.2) is 25.7 Å². The molecule has 5 nitrogen and oxygen atoms in total. The molecule has 0 amide bonds. The van der Waals surface area contributed by atoms with E-state index in [1.165, 1.54) is 10.7 Å². The molecule has 2 heterocycles. The molecular formula is C10H10ClN3O2. The van der Waals surface area contributed by atoms with E-state index in [4.69, 9.17) is 16.7 Å². The molecule has 0 unspecified atom stereocenters. The lowest BCUT2D eigenvalue weighted by Gasteiger charge is -2.06. The third-order valence-corrected chi connectivity index (χ3v) is 2.45. The standard InChI is InChI=1S/C10H10ClN3O2/c1-5(2)6-3-8(11)13-14-4-7(10(15)16)12-9(6)14/h3-5H,1-2H3,(H,15,16). The van der Waals surface area contributed by atoms with Gasteiger partial charge in [-0.15, -0.1) is 0 Å². The number of imidazole rings is 1. The van der Waals surface area contributed by atoms with E-state index in [0.29, 0.717) is 10.8 Å². The second kappa shape index (κ2) is 3.75. The number of aromatic carboxylic acids is 1. The van der Waals surface area contributed by atoms with E-state index in [1.54, 1.807) is 6.07 Å². The maximum Gasteiger partial charge on any atom is 0.356 e. The van der Waals surface area contributed by atoms with Crippen LogP contribution >= 0.6 is 11.6 Å². The first-order chi connectivity index (χ1) is 7.49. The van der Waals surface area contributed by atoms with Crippen molar-refractivity contribution in [1.82, 2.24) is 14.6 Å².